The molecular weight excluding hydrogens is 208 g/mol. The van der Waals surface area contributed by atoms with Gasteiger partial charge in [-0.1, -0.05) is 6.92 Å². The molecule has 0 heterocycles. The van der Waals surface area contributed by atoms with Gasteiger partial charge in [-0.15, -0.1) is 11.8 Å². The van der Waals surface area contributed by atoms with Crippen molar-refractivity contribution in [3.05, 3.63) is 23.8 Å². The van der Waals surface area contributed by atoms with E-state index in [-0.39, 0.29) is 11.8 Å². The highest BCUT2D eigenvalue weighted by molar-refractivity contribution is 7.99. The van der Waals surface area contributed by atoms with Crippen LogP contribution in [0, 0.1) is 12.8 Å². The number of primary amides is 1. The molecule has 4 heteroatoms. The van der Waals surface area contributed by atoms with E-state index in [1.807, 2.05) is 32.0 Å². The summed E-state index contributed by atoms with van der Waals surface area (Å²) in [4.78, 5) is 12.0. The van der Waals surface area contributed by atoms with Gasteiger partial charge >= 0.3 is 0 Å². The Morgan fingerprint density at radius 1 is 1.53 bits per heavy atom. The summed E-state index contributed by atoms with van der Waals surface area (Å²) in [6, 6.07) is 5.86. The van der Waals surface area contributed by atoms with Crippen LogP contribution in [0.4, 0.5) is 5.69 Å². The molecule has 15 heavy (non-hydrogen) atoms. The SMILES string of the molecule is Cc1cc(SCC(C)C(N)=O)ccc1N. The van der Waals surface area contributed by atoms with Crippen LogP contribution in [0.1, 0.15) is 12.5 Å². The fraction of sp³-hybridized carbons (Fsp3) is 0.364. The predicted molar refractivity (Wildman–Crippen MR) is 64.7 cm³/mol. The van der Waals surface area contributed by atoms with Crippen LogP contribution in [0.25, 0.3) is 0 Å². The van der Waals surface area contributed by atoms with Gasteiger partial charge in [0.15, 0.2) is 0 Å². The molecule has 1 atom stereocenters. The van der Waals surface area contributed by atoms with E-state index in [1.165, 1.54) is 0 Å². The largest absolute Gasteiger partial charge is 0.399 e. The van der Waals surface area contributed by atoms with E-state index in [1.54, 1.807) is 11.8 Å². The minimum Gasteiger partial charge on any atom is -0.399 e. The maximum Gasteiger partial charge on any atom is 0.221 e. The summed E-state index contributed by atoms with van der Waals surface area (Å²) in [7, 11) is 0. The first-order valence-electron chi connectivity index (χ1n) is 4.79. The van der Waals surface area contributed by atoms with E-state index in [9.17, 15) is 4.79 Å². The number of nitrogens with two attached hydrogens (primary N) is 2. The number of benzene rings is 1. The molecule has 0 aliphatic heterocycles. The van der Waals surface area contributed by atoms with E-state index in [4.69, 9.17) is 11.5 Å². The lowest BCUT2D eigenvalue weighted by molar-refractivity contribution is -0.120. The average Bonchev–Trinajstić information content (AvgIpc) is 2.19. The molecule has 1 unspecified atom stereocenters. The van der Waals surface area contributed by atoms with Crippen LogP contribution < -0.4 is 11.5 Å². The zero-order valence-corrected chi connectivity index (χ0v) is 9.80. The molecule has 82 valence electrons. The number of carbonyl (C=O) groups is 1. The molecule has 0 aliphatic rings. The summed E-state index contributed by atoms with van der Waals surface area (Å²) in [5.74, 6) is 0.348. The molecule has 0 aromatic heterocycles. The molecule has 0 spiro atoms. The lowest BCUT2D eigenvalue weighted by Gasteiger charge is -2.08. The molecule has 1 rings (SSSR count). The molecule has 1 aromatic carbocycles. The summed E-state index contributed by atoms with van der Waals surface area (Å²) < 4.78 is 0. The minimum atomic E-state index is -0.255. The number of amides is 1. The Balaban J connectivity index is 2.58. The van der Waals surface area contributed by atoms with Gasteiger partial charge in [-0.2, -0.15) is 0 Å². The lowest BCUT2D eigenvalue weighted by Crippen LogP contribution is -2.22. The molecule has 0 saturated heterocycles. The van der Waals surface area contributed by atoms with Gasteiger partial charge in [0.05, 0.1) is 0 Å². The van der Waals surface area contributed by atoms with Crippen molar-refractivity contribution in [2.24, 2.45) is 11.7 Å². The van der Waals surface area contributed by atoms with Crippen LogP contribution in [-0.2, 0) is 4.79 Å². The Labute approximate surface area is 94.2 Å². The number of rotatable bonds is 4. The molecule has 1 aromatic rings. The van der Waals surface area contributed by atoms with Crippen molar-refractivity contribution in [1.82, 2.24) is 0 Å². The highest BCUT2D eigenvalue weighted by Crippen LogP contribution is 2.24. The van der Waals surface area contributed by atoms with Crippen LogP contribution in [-0.4, -0.2) is 11.7 Å². The molecule has 0 radical (unpaired) electrons. The third-order valence-electron chi connectivity index (χ3n) is 2.23. The van der Waals surface area contributed by atoms with Crippen molar-refractivity contribution < 1.29 is 4.79 Å². The number of hydrogen-bond acceptors (Lipinski definition) is 3. The topological polar surface area (TPSA) is 69.1 Å². The van der Waals surface area contributed by atoms with Crippen LogP contribution in [0.3, 0.4) is 0 Å². The maximum absolute atomic E-state index is 10.8. The van der Waals surface area contributed by atoms with Gasteiger partial charge in [-0.05, 0) is 30.7 Å². The van der Waals surface area contributed by atoms with Crippen molar-refractivity contribution >= 4 is 23.4 Å². The fourth-order valence-electron chi connectivity index (χ4n) is 1.04. The predicted octanol–water partition coefficient (Wildman–Crippen LogP) is 1.79. The molecule has 0 fully saturated rings. The monoisotopic (exact) mass is 224 g/mol. The smallest absolute Gasteiger partial charge is 0.221 e. The second-order valence-electron chi connectivity index (χ2n) is 3.63. The number of carbonyl (C=O) groups excluding carboxylic acids is 1. The highest BCUT2D eigenvalue weighted by atomic mass is 32.2. The van der Waals surface area contributed by atoms with Gasteiger partial charge in [-0.3, -0.25) is 4.79 Å². The third-order valence-corrected chi connectivity index (χ3v) is 3.48. The van der Waals surface area contributed by atoms with E-state index in [0.29, 0.717) is 5.75 Å². The first-order valence-corrected chi connectivity index (χ1v) is 5.77. The van der Waals surface area contributed by atoms with Gasteiger partial charge in [0.2, 0.25) is 5.91 Å². The first kappa shape index (κ1) is 11.9. The standard InChI is InChI=1S/C11H16N2OS/c1-7-5-9(3-4-10(7)12)15-6-8(2)11(13)14/h3-5,8H,6,12H2,1-2H3,(H2,13,14). The van der Waals surface area contributed by atoms with Crippen LogP contribution >= 0.6 is 11.8 Å². The zero-order chi connectivity index (χ0) is 11.4. The third kappa shape index (κ3) is 3.47. The molecule has 3 nitrogen and oxygen atoms in total. The second kappa shape index (κ2) is 5.07. The highest BCUT2D eigenvalue weighted by Gasteiger charge is 2.09. The Kier molecular flexibility index (Phi) is 4.03. The number of anilines is 1. The van der Waals surface area contributed by atoms with Gasteiger partial charge in [0, 0.05) is 22.3 Å². The summed E-state index contributed by atoms with van der Waals surface area (Å²) in [6.45, 7) is 3.80. The van der Waals surface area contributed by atoms with Crippen LogP contribution in [0.2, 0.25) is 0 Å². The maximum atomic E-state index is 10.8. The number of aryl methyl sites for hydroxylation is 1. The molecule has 0 aliphatic carbocycles. The lowest BCUT2D eigenvalue weighted by atomic mass is 10.2. The van der Waals surface area contributed by atoms with E-state index in [0.717, 1.165) is 16.1 Å². The van der Waals surface area contributed by atoms with Crippen LogP contribution in [0.5, 0.6) is 0 Å². The number of hydrogen-bond donors (Lipinski definition) is 2. The van der Waals surface area contributed by atoms with Crippen molar-refractivity contribution in [1.29, 1.82) is 0 Å². The molecular formula is C11H16N2OS. The summed E-state index contributed by atoms with van der Waals surface area (Å²) in [6.07, 6.45) is 0. The van der Waals surface area contributed by atoms with Gasteiger partial charge in [0.25, 0.3) is 0 Å². The van der Waals surface area contributed by atoms with E-state index >= 15 is 0 Å². The molecule has 0 saturated carbocycles. The summed E-state index contributed by atoms with van der Waals surface area (Å²) in [5.41, 5.74) is 12.7. The average molecular weight is 224 g/mol. The minimum absolute atomic E-state index is 0.104. The summed E-state index contributed by atoms with van der Waals surface area (Å²) >= 11 is 1.62. The van der Waals surface area contributed by atoms with Crippen molar-refractivity contribution in [2.45, 2.75) is 18.7 Å². The Hall–Kier alpha value is -1.16. The Morgan fingerprint density at radius 2 is 2.20 bits per heavy atom. The van der Waals surface area contributed by atoms with E-state index < -0.39 is 0 Å². The molecule has 0 bridgehead atoms. The summed E-state index contributed by atoms with van der Waals surface area (Å²) in [5, 5.41) is 0. The normalized spacial score (nSPS) is 12.4. The second-order valence-corrected chi connectivity index (χ2v) is 4.73. The van der Waals surface area contributed by atoms with Gasteiger partial charge < -0.3 is 11.5 Å². The van der Waals surface area contributed by atoms with Crippen molar-refractivity contribution in [3.8, 4) is 0 Å². The van der Waals surface area contributed by atoms with E-state index in [2.05, 4.69) is 0 Å². The molecule has 4 N–H and O–H groups in total. The Morgan fingerprint density at radius 3 is 2.73 bits per heavy atom. The van der Waals surface area contributed by atoms with Gasteiger partial charge in [0.1, 0.15) is 0 Å². The Bertz CT molecular complexity index is 366. The molecule has 1 amide bonds. The van der Waals surface area contributed by atoms with Crippen molar-refractivity contribution in [2.75, 3.05) is 11.5 Å². The number of thioether (sulfide) groups is 1. The van der Waals surface area contributed by atoms with Gasteiger partial charge in [-0.25, -0.2) is 0 Å². The fourth-order valence-corrected chi connectivity index (χ4v) is 2.07. The van der Waals surface area contributed by atoms with Crippen molar-refractivity contribution in [3.63, 3.8) is 0 Å². The van der Waals surface area contributed by atoms with Crippen LogP contribution in [0.15, 0.2) is 23.1 Å². The quantitative estimate of drug-likeness (QED) is 0.605. The number of nitrogen functional groups attached to an aromatic ring is 1. The first-order chi connectivity index (χ1) is 7.00. The zero-order valence-electron chi connectivity index (χ0n) is 8.99.